The summed E-state index contributed by atoms with van der Waals surface area (Å²) in [5, 5.41) is 10.4. The number of rotatable bonds is 3. The van der Waals surface area contributed by atoms with E-state index in [4.69, 9.17) is 0 Å². The van der Waals surface area contributed by atoms with Gasteiger partial charge in [-0.3, -0.25) is 14.4 Å². The molecule has 3 aromatic heterocycles. The molecule has 1 aliphatic rings. The van der Waals surface area contributed by atoms with Gasteiger partial charge < -0.3 is 5.32 Å². The van der Waals surface area contributed by atoms with E-state index in [1.165, 1.54) is 10.4 Å². The summed E-state index contributed by atoms with van der Waals surface area (Å²) >= 11 is 1.81. The first-order valence-corrected chi connectivity index (χ1v) is 8.85. The van der Waals surface area contributed by atoms with Gasteiger partial charge >= 0.3 is 0 Å². The Kier molecular flexibility index (Phi) is 3.82. The zero-order chi connectivity index (χ0) is 16.7. The fourth-order valence-electron chi connectivity index (χ4n) is 3.22. The van der Waals surface area contributed by atoms with E-state index in [2.05, 4.69) is 31.7 Å². The molecule has 4 heterocycles. The summed E-state index contributed by atoms with van der Waals surface area (Å²) < 4.78 is 1.75. The lowest BCUT2D eigenvalue weighted by Gasteiger charge is -2.26. The van der Waals surface area contributed by atoms with Crippen LogP contribution in [-0.2, 0) is 24.8 Å². The van der Waals surface area contributed by atoms with E-state index < -0.39 is 0 Å². The number of pyridine rings is 1. The lowest BCUT2D eigenvalue weighted by atomic mass is 10.1. The van der Waals surface area contributed by atoms with Gasteiger partial charge in [-0.05, 0) is 36.4 Å². The van der Waals surface area contributed by atoms with Crippen LogP contribution in [0.5, 0.6) is 0 Å². The number of hydrogen-bond acceptors (Lipinski definition) is 5. The maximum atomic E-state index is 12.4. The average Bonchev–Trinajstić information content (AvgIpc) is 3.12. The molecule has 0 aliphatic carbocycles. The van der Waals surface area contributed by atoms with Gasteiger partial charge in [0.15, 0.2) is 5.65 Å². The predicted molar refractivity (Wildman–Crippen MR) is 95.2 cm³/mol. The Balaban J connectivity index is 1.44. The van der Waals surface area contributed by atoms with Crippen molar-refractivity contribution in [2.24, 2.45) is 7.05 Å². The molecule has 1 amide bonds. The quantitative estimate of drug-likeness (QED) is 0.794. The molecule has 1 aliphatic heterocycles. The van der Waals surface area contributed by atoms with Crippen molar-refractivity contribution in [2.45, 2.75) is 19.9 Å². The minimum atomic E-state index is -0.00336. The van der Waals surface area contributed by atoms with Crippen LogP contribution in [0.3, 0.4) is 0 Å². The third kappa shape index (κ3) is 2.81. The highest BCUT2D eigenvalue weighted by molar-refractivity contribution is 7.10. The van der Waals surface area contributed by atoms with Crippen LogP contribution in [0.15, 0.2) is 23.7 Å². The van der Waals surface area contributed by atoms with Crippen molar-refractivity contribution in [3.05, 3.63) is 39.8 Å². The van der Waals surface area contributed by atoms with E-state index in [1.54, 1.807) is 10.9 Å². The van der Waals surface area contributed by atoms with Crippen LogP contribution in [-0.4, -0.2) is 38.7 Å². The molecule has 0 saturated carbocycles. The Morgan fingerprint density at radius 1 is 1.46 bits per heavy atom. The Labute approximate surface area is 144 Å². The number of nitrogens with one attached hydrogen (secondary N) is 1. The number of carbonyl (C=O) groups excluding carboxylic acids is 1. The Morgan fingerprint density at radius 2 is 2.33 bits per heavy atom. The Morgan fingerprint density at radius 3 is 3.21 bits per heavy atom. The lowest BCUT2D eigenvalue weighted by Crippen LogP contribution is -2.36. The highest BCUT2D eigenvalue weighted by Crippen LogP contribution is 2.24. The van der Waals surface area contributed by atoms with Crippen molar-refractivity contribution in [1.82, 2.24) is 19.7 Å². The molecule has 0 aromatic carbocycles. The number of fused-ring (bicyclic) bond motifs is 2. The van der Waals surface area contributed by atoms with E-state index in [-0.39, 0.29) is 5.91 Å². The van der Waals surface area contributed by atoms with Gasteiger partial charge in [-0.25, -0.2) is 4.98 Å². The second-order valence-electron chi connectivity index (χ2n) is 6.18. The third-order valence-corrected chi connectivity index (χ3v) is 5.42. The van der Waals surface area contributed by atoms with Crippen LogP contribution in [0.25, 0.3) is 11.0 Å². The first kappa shape index (κ1) is 15.3. The molecule has 0 fully saturated rings. The molecule has 0 radical (unpaired) electrons. The van der Waals surface area contributed by atoms with Crippen molar-refractivity contribution in [3.63, 3.8) is 0 Å². The van der Waals surface area contributed by atoms with E-state index in [0.717, 1.165) is 41.9 Å². The minimum Gasteiger partial charge on any atom is -0.324 e. The molecule has 6 nitrogen and oxygen atoms in total. The van der Waals surface area contributed by atoms with Gasteiger partial charge in [0, 0.05) is 30.4 Å². The Bertz CT molecular complexity index is 913. The molecule has 7 heteroatoms. The fraction of sp³-hybridized carbons (Fsp3) is 0.353. The number of amides is 1. The topological polar surface area (TPSA) is 63.1 Å². The first-order chi connectivity index (χ1) is 11.6. The van der Waals surface area contributed by atoms with Crippen LogP contribution >= 0.6 is 11.3 Å². The summed E-state index contributed by atoms with van der Waals surface area (Å²) in [6.45, 7) is 4.13. The number of aromatic nitrogens is 3. The van der Waals surface area contributed by atoms with Crippen molar-refractivity contribution in [1.29, 1.82) is 0 Å². The molecule has 0 unspecified atom stereocenters. The predicted octanol–water partition coefficient (Wildman–Crippen LogP) is 2.34. The minimum absolute atomic E-state index is 0.00336. The number of nitrogens with zero attached hydrogens (tertiary/aromatic N) is 4. The summed E-state index contributed by atoms with van der Waals surface area (Å²) in [5.41, 5.74) is 3.81. The lowest BCUT2D eigenvalue weighted by molar-refractivity contribution is -0.117. The monoisotopic (exact) mass is 341 g/mol. The van der Waals surface area contributed by atoms with E-state index in [0.29, 0.717) is 6.54 Å². The van der Waals surface area contributed by atoms with Gasteiger partial charge in [-0.1, -0.05) is 0 Å². The second-order valence-corrected chi connectivity index (χ2v) is 7.18. The Hall–Kier alpha value is -2.25. The summed E-state index contributed by atoms with van der Waals surface area (Å²) in [6, 6.07) is 4.10. The second kappa shape index (κ2) is 5.99. The van der Waals surface area contributed by atoms with Crippen LogP contribution in [0.4, 0.5) is 5.69 Å². The zero-order valence-corrected chi connectivity index (χ0v) is 14.6. The van der Waals surface area contributed by atoms with Crippen LogP contribution < -0.4 is 5.32 Å². The van der Waals surface area contributed by atoms with Gasteiger partial charge in [0.25, 0.3) is 0 Å². The number of aryl methyl sites for hydroxylation is 2. The van der Waals surface area contributed by atoms with Crippen LogP contribution in [0.2, 0.25) is 0 Å². The number of hydrogen-bond donors (Lipinski definition) is 1. The first-order valence-electron chi connectivity index (χ1n) is 7.97. The molecule has 0 atom stereocenters. The molecule has 4 rings (SSSR count). The molecule has 124 valence electrons. The molecule has 0 spiro atoms. The summed E-state index contributed by atoms with van der Waals surface area (Å²) in [6.07, 6.45) is 2.72. The van der Waals surface area contributed by atoms with E-state index in [1.807, 2.05) is 31.4 Å². The smallest absolute Gasteiger partial charge is 0.238 e. The SMILES string of the molecule is Cc1nn(C)c2ncc(NC(=O)CN3CCc4sccc4C3)cc12. The van der Waals surface area contributed by atoms with Crippen LogP contribution in [0.1, 0.15) is 16.1 Å². The van der Waals surface area contributed by atoms with Crippen molar-refractivity contribution in [3.8, 4) is 0 Å². The molecule has 0 saturated heterocycles. The van der Waals surface area contributed by atoms with Crippen molar-refractivity contribution < 1.29 is 4.79 Å². The highest BCUT2D eigenvalue weighted by atomic mass is 32.1. The van der Waals surface area contributed by atoms with Gasteiger partial charge in [-0.15, -0.1) is 11.3 Å². The maximum absolute atomic E-state index is 12.4. The number of anilines is 1. The van der Waals surface area contributed by atoms with Crippen molar-refractivity contribution in [2.75, 3.05) is 18.4 Å². The normalized spacial score (nSPS) is 14.8. The van der Waals surface area contributed by atoms with Crippen molar-refractivity contribution >= 4 is 34.0 Å². The van der Waals surface area contributed by atoms with Gasteiger partial charge in [-0.2, -0.15) is 5.10 Å². The highest BCUT2D eigenvalue weighted by Gasteiger charge is 2.19. The van der Waals surface area contributed by atoms with Gasteiger partial charge in [0.05, 0.1) is 24.1 Å². The average molecular weight is 341 g/mol. The zero-order valence-electron chi connectivity index (χ0n) is 13.7. The summed E-state index contributed by atoms with van der Waals surface area (Å²) in [5.74, 6) is -0.00336. The third-order valence-electron chi connectivity index (χ3n) is 4.40. The number of carbonyl (C=O) groups is 1. The van der Waals surface area contributed by atoms with Gasteiger partial charge in [0.1, 0.15) is 0 Å². The van der Waals surface area contributed by atoms with Crippen LogP contribution in [0, 0.1) is 6.92 Å². The van der Waals surface area contributed by atoms with Gasteiger partial charge in [0.2, 0.25) is 5.91 Å². The summed E-state index contributed by atoms with van der Waals surface area (Å²) in [4.78, 5) is 20.4. The molecule has 0 bridgehead atoms. The molecule has 3 aromatic rings. The van der Waals surface area contributed by atoms with E-state index in [9.17, 15) is 4.79 Å². The molecular formula is C17H19N5OS. The molecule has 24 heavy (non-hydrogen) atoms. The molecule has 1 N–H and O–H groups in total. The molecular weight excluding hydrogens is 322 g/mol. The fourth-order valence-corrected chi connectivity index (χ4v) is 4.11. The van der Waals surface area contributed by atoms with E-state index >= 15 is 0 Å². The number of thiophene rings is 1. The largest absolute Gasteiger partial charge is 0.324 e. The maximum Gasteiger partial charge on any atom is 0.238 e. The standard InChI is InChI=1S/C17H19N5OS/c1-11-14-7-13(8-18-17(14)21(2)20-11)19-16(23)10-22-5-3-15-12(9-22)4-6-24-15/h4,6-8H,3,5,9-10H2,1-2H3,(H,19,23). The summed E-state index contributed by atoms with van der Waals surface area (Å²) in [7, 11) is 1.87.